The van der Waals surface area contributed by atoms with E-state index in [0.29, 0.717) is 22.0 Å². The van der Waals surface area contributed by atoms with Crippen molar-refractivity contribution in [1.82, 2.24) is 9.84 Å². The number of hydrogen-bond acceptors (Lipinski definition) is 6. The lowest BCUT2D eigenvalue weighted by atomic mass is 10.0. The van der Waals surface area contributed by atoms with Crippen molar-refractivity contribution in [3.63, 3.8) is 0 Å². The van der Waals surface area contributed by atoms with Crippen LogP contribution >= 0.6 is 11.9 Å². The van der Waals surface area contributed by atoms with Gasteiger partial charge in [-0.2, -0.15) is 4.41 Å². The van der Waals surface area contributed by atoms with E-state index in [0.717, 1.165) is 16.4 Å². The number of aliphatic carboxylic acids is 1. The maximum absolute atomic E-state index is 13.9. The summed E-state index contributed by atoms with van der Waals surface area (Å²) in [5.74, 6) is -1.24. The van der Waals surface area contributed by atoms with E-state index < -0.39 is 23.9 Å². The average Bonchev–Trinajstić information content (AvgIpc) is 3.23. The van der Waals surface area contributed by atoms with Crippen LogP contribution in [0.25, 0.3) is 0 Å². The molecular weight excluding hydrogens is 409 g/mol. The van der Waals surface area contributed by atoms with E-state index >= 15 is 0 Å². The first kappa shape index (κ1) is 19.5. The third-order valence-electron chi connectivity index (χ3n) is 4.46. The molecule has 4 rings (SSSR count). The number of primary amides is 1. The topological polar surface area (TPSA) is 111 Å². The highest BCUT2D eigenvalue weighted by Gasteiger charge is 2.39. The third kappa shape index (κ3) is 3.60. The summed E-state index contributed by atoms with van der Waals surface area (Å²) in [5.41, 5.74) is 9.16. The van der Waals surface area contributed by atoms with Gasteiger partial charge in [-0.3, -0.25) is 5.43 Å². The monoisotopic (exact) mass is 425 g/mol. The number of aliphatic imine (C=N–C) groups is 1. The molecule has 2 heterocycles. The van der Waals surface area contributed by atoms with E-state index in [-0.39, 0.29) is 5.57 Å². The molecule has 2 aromatic carbocycles. The lowest BCUT2D eigenvalue weighted by Crippen LogP contribution is -2.46. The van der Waals surface area contributed by atoms with Gasteiger partial charge in [-0.15, -0.1) is 0 Å². The highest BCUT2D eigenvalue weighted by molar-refractivity contribution is 8.01. The number of halogens is 1. The summed E-state index contributed by atoms with van der Waals surface area (Å²) < 4.78 is 15.0. The number of carbonyl (C=O) groups excluding carboxylic acids is 1. The zero-order chi connectivity index (χ0) is 21.3. The molecule has 0 aromatic heterocycles. The molecule has 0 saturated heterocycles. The van der Waals surface area contributed by atoms with Crippen LogP contribution in [0.2, 0.25) is 0 Å². The molecule has 2 aromatic rings. The number of carbonyl (C=O) groups is 2. The number of nitrogens with one attached hydrogen (secondary N) is 1. The number of urea groups is 1. The van der Waals surface area contributed by atoms with E-state index in [1.165, 1.54) is 24.5 Å². The molecule has 8 nitrogen and oxygen atoms in total. The van der Waals surface area contributed by atoms with Crippen molar-refractivity contribution in [1.29, 1.82) is 0 Å². The fourth-order valence-electron chi connectivity index (χ4n) is 3.20. The Labute approximate surface area is 175 Å². The van der Waals surface area contributed by atoms with E-state index in [1.807, 2.05) is 6.07 Å². The number of hydrogen-bond donors (Lipinski definition) is 3. The van der Waals surface area contributed by atoms with Gasteiger partial charge in [-0.25, -0.2) is 19.0 Å². The number of nitrogens with zero attached hydrogens (tertiary/aromatic N) is 3. The summed E-state index contributed by atoms with van der Waals surface area (Å²) in [6, 6.07) is 13.4. The number of hydrazine groups is 1. The highest BCUT2D eigenvalue weighted by Crippen LogP contribution is 2.38. The van der Waals surface area contributed by atoms with Gasteiger partial charge in [-0.05, 0) is 24.3 Å². The summed E-state index contributed by atoms with van der Waals surface area (Å²) in [6.07, 6.45) is 2.77. The molecule has 2 aliphatic rings. The Hall–Kier alpha value is -3.79. The zero-order valence-electron chi connectivity index (χ0n) is 15.4. The minimum atomic E-state index is -1.16. The molecule has 4 N–H and O–H groups in total. The van der Waals surface area contributed by atoms with Crippen molar-refractivity contribution in [3.8, 4) is 0 Å². The smallest absolute Gasteiger partial charge is 0.344 e. The number of para-hydroxylation sites is 1. The Morgan fingerprint density at radius 2 is 1.93 bits per heavy atom. The molecule has 0 fully saturated rings. The van der Waals surface area contributed by atoms with Crippen molar-refractivity contribution in [2.24, 2.45) is 10.7 Å². The van der Waals surface area contributed by atoms with Crippen molar-refractivity contribution in [2.45, 2.75) is 6.04 Å². The van der Waals surface area contributed by atoms with Gasteiger partial charge in [0.2, 0.25) is 0 Å². The van der Waals surface area contributed by atoms with Gasteiger partial charge < -0.3 is 15.7 Å². The van der Waals surface area contributed by atoms with Crippen LogP contribution in [0.4, 0.5) is 14.9 Å². The third-order valence-corrected chi connectivity index (χ3v) is 5.48. The van der Waals surface area contributed by atoms with Gasteiger partial charge in [0.1, 0.15) is 17.7 Å². The predicted molar refractivity (Wildman–Crippen MR) is 112 cm³/mol. The predicted octanol–water partition coefficient (Wildman–Crippen LogP) is 2.82. The summed E-state index contributed by atoms with van der Waals surface area (Å²) in [4.78, 5) is 30.1. The van der Waals surface area contributed by atoms with Crippen LogP contribution in [0.1, 0.15) is 5.56 Å². The first-order chi connectivity index (χ1) is 14.5. The molecule has 1 unspecified atom stereocenters. The van der Waals surface area contributed by atoms with E-state index in [1.54, 1.807) is 41.3 Å². The summed E-state index contributed by atoms with van der Waals surface area (Å²) in [7, 11) is 0. The van der Waals surface area contributed by atoms with E-state index in [9.17, 15) is 19.1 Å². The number of benzene rings is 2. The number of carboxylic acids is 1. The van der Waals surface area contributed by atoms with Crippen molar-refractivity contribution >= 4 is 35.5 Å². The number of carboxylic acid groups (broad SMARTS) is 1. The van der Waals surface area contributed by atoms with Crippen molar-refractivity contribution < 1.29 is 19.1 Å². The van der Waals surface area contributed by atoms with Gasteiger partial charge >= 0.3 is 12.0 Å². The van der Waals surface area contributed by atoms with Crippen LogP contribution in [-0.4, -0.2) is 33.4 Å². The molecule has 2 aliphatic heterocycles. The summed E-state index contributed by atoms with van der Waals surface area (Å²) in [6.45, 7) is 0. The summed E-state index contributed by atoms with van der Waals surface area (Å²) in [5, 5.41) is 9.82. The molecule has 152 valence electrons. The van der Waals surface area contributed by atoms with Crippen LogP contribution in [0, 0.1) is 5.82 Å². The molecule has 0 saturated carbocycles. The molecular formula is C20H16FN5O3S. The zero-order valence-corrected chi connectivity index (χ0v) is 16.2. The minimum absolute atomic E-state index is 0.00845. The fraction of sp³-hybridized carbons (Fsp3) is 0.0500. The first-order valence-corrected chi connectivity index (χ1v) is 9.58. The summed E-state index contributed by atoms with van der Waals surface area (Å²) >= 11 is 0.979. The first-order valence-electron chi connectivity index (χ1n) is 8.81. The molecule has 0 aliphatic carbocycles. The normalized spacial score (nSPS) is 18.3. The Balaban J connectivity index is 1.87. The molecule has 30 heavy (non-hydrogen) atoms. The van der Waals surface area contributed by atoms with E-state index in [4.69, 9.17) is 5.73 Å². The second kappa shape index (κ2) is 7.91. The second-order valence-electron chi connectivity index (χ2n) is 6.36. The average molecular weight is 425 g/mol. The lowest BCUT2D eigenvalue weighted by molar-refractivity contribution is -0.132. The standard InChI is InChI=1S/C20H16FN5O3S/c21-13-6-4-5-12(9-13)18-23-10-15(19(27)28)17(16-11-24-26(30-16)20(22)29)25(18)14-7-2-1-3-8-14/h1-11,17,24H,(H2,22,29)(H,27,28). The largest absolute Gasteiger partial charge is 0.478 e. The molecule has 1 atom stereocenters. The van der Waals surface area contributed by atoms with Crippen LogP contribution < -0.4 is 16.1 Å². The Morgan fingerprint density at radius 3 is 2.57 bits per heavy atom. The Bertz CT molecular complexity index is 1100. The lowest BCUT2D eigenvalue weighted by Gasteiger charge is -2.37. The molecule has 10 heteroatoms. The Morgan fingerprint density at radius 1 is 1.17 bits per heavy atom. The SMILES string of the molecule is NC(=O)N1NC=C(C2C(C(=O)O)=CN=C(c3cccc(F)c3)N2c2ccccc2)S1. The fourth-order valence-corrected chi connectivity index (χ4v) is 4.04. The Kier molecular flexibility index (Phi) is 5.15. The van der Waals surface area contributed by atoms with Crippen molar-refractivity contribution in [2.75, 3.05) is 4.90 Å². The number of anilines is 1. The van der Waals surface area contributed by atoms with Crippen LogP contribution in [0.5, 0.6) is 0 Å². The van der Waals surface area contributed by atoms with Gasteiger partial charge in [0.25, 0.3) is 0 Å². The van der Waals surface area contributed by atoms with Gasteiger partial charge in [0.05, 0.1) is 10.5 Å². The molecule has 0 bridgehead atoms. The number of amides is 2. The van der Waals surface area contributed by atoms with Gasteiger partial charge in [0.15, 0.2) is 0 Å². The van der Waals surface area contributed by atoms with Crippen LogP contribution in [0.15, 0.2) is 82.5 Å². The molecule has 0 radical (unpaired) electrons. The van der Waals surface area contributed by atoms with Gasteiger partial charge in [0, 0.05) is 35.6 Å². The number of amidine groups is 1. The van der Waals surface area contributed by atoms with Crippen molar-refractivity contribution in [3.05, 3.63) is 88.9 Å². The van der Waals surface area contributed by atoms with E-state index in [2.05, 4.69) is 10.4 Å². The van der Waals surface area contributed by atoms with Gasteiger partial charge in [-0.1, -0.05) is 30.3 Å². The number of nitrogens with two attached hydrogens (primary N) is 1. The van der Waals surface area contributed by atoms with Crippen LogP contribution in [-0.2, 0) is 4.79 Å². The maximum atomic E-state index is 13.9. The molecule has 2 amide bonds. The minimum Gasteiger partial charge on any atom is -0.478 e. The number of rotatable bonds is 4. The second-order valence-corrected chi connectivity index (χ2v) is 7.38. The van der Waals surface area contributed by atoms with Crippen LogP contribution in [0.3, 0.4) is 0 Å². The molecule has 0 spiro atoms. The quantitative estimate of drug-likeness (QED) is 0.650. The highest BCUT2D eigenvalue weighted by atomic mass is 32.2. The maximum Gasteiger partial charge on any atom is 0.344 e.